The monoisotopic (exact) mass is 204 g/mol. The maximum atomic E-state index is 10.1. The highest BCUT2D eigenvalue weighted by molar-refractivity contribution is 5.27. The van der Waals surface area contributed by atoms with E-state index in [9.17, 15) is 5.11 Å². The second-order valence-corrected chi connectivity index (χ2v) is 4.76. The van der Waals surface area contributed by atoms with Gasteiger partial charge in [-0.1, -0.05) is 49.6 Å². The molecule has 1 nitrogen and oxygen atoms in total. The quantitative estimate of drug-likeness (QED) is 0.784. The van der Waals surface area contributed by atoms with E-state index in [0.717, 1.165) is 12.8 Å². The van der Waals surface area contributed by atoms with Gasteiger partial charge in [0.15, 0.2) is 0 Å². The molecule has 1 atom stereocenters. The van der Waals surface area contributed by atoms with Crippen molar-refractivity contribution in [1.29, 1.82) is 0 Å². The van der Waals surface area contributed by atoms with Crippen molar-refractivity contribution in [1.82, 2.24) is 0 Å². The van der Waals surface area contributed by atoms with Crippen molar-refractivity contribution in [2.24, 2.45) is 0 Å². The minimum atomic E-state index is -0.236. The average Bonchev–Trinajstić information content (AvgIpc) is 2.31. The Morgan fingerprint density at radius 3 is 2.20 bits per heavy atom. The van der Waals surface area contributed by atoms with Crippen molar-refractivity contribution in [3.63, 3.8) is 0 Å². The van der Waals surface area contributed by atoms with Crippen LogP contribution in [0, 0.1) is 0 Å². The minimum Gasteiger partial charge on any atom is -0.392 e. The fourth-order valence-corrected chi connectivity index (χ4v) is 2.90. The molecule has 1 aromatic carbocycles. The molecule has 1 saturated carbocycles. The number of hydrogen-bond donors (Lipinski definition) is 1. The molecule has 1 heteroatoms. The summed E-state index contributed by atoms with van der Waals surface area (Å²) in [6, 6.07) is 10.5. The first kappa shape index (κ1) is 10.7. The summed E-state index contributed by atoms with van der Waals surface area (Å²) in [5, 5.41) is 10.1. The van der Waals surface area contributed by atoms with E-state index in [2.05, 4.69) is 24.3 Å². The third-order valence-corrected chi connectivity index (χ3v) is 3.89. The van der Waals surface area contributed by atoms with Gasteiger partial charge in [-0.25, -0.2) is 0 Å². The van der Waals surface area contributed by atoms with Crippen molar-refractivity contribution >= 4 is 0 Å². The first-order valence-corrected chi connectivity index (χ1v) is 5.99. The Morgan fingerprint density at radius 2 is 1.67 bits per heavy atom. The summed E-state index contributed by atoms with van der Waals surface area (Å²) in [6.45, 7) is 1.94. The molecule has 15 heavy (non-hydrogen) atoms. The maximum Gasteiger partial charge on any atom is 0.0608 e. The van der Waals surface area contributed by atoms with Gasteiger partial charge in [0, 0.05) is 5.41 Å². The zero-order valence-electron chi connectivity index (χ0n) is 9.45. The lowest BCUT2D eigenvalue weighted by Crippen LogP contribution is -2.39. The number of hydrogen-bond acceptors (Lipinski definition) is 1. The van der Waals surface area contributed by atoms with Crippen LogP contribution in [0.4, 0.5) is 0 Å². The second-order valence-electron chi connectivity index (χ2n) is 4.76. The van der Waals surface area contributed by atoms with E-state index >= 15 is 0 Å². The van der Waals surface area contributed by atoms with E-state index < -0.39 is 0 Å². The normalized spacial score (nSPS) is 22.3. The molecule has 0 unspecified atom stereocenters. The smallest absolute Gasteiger partial charge is 0.0608 e. The summed E-state index contributed by atoms with van der Waals surface area (Å²) in [4.78, 5) is 0. The van der Waals surface area contributed by atoms with Gasteiger partial charge < -0.3 is 5.11 Å². The molecule has 0 heterocycles. The van der Waals surface area contributed by atoms with Crippen LogP contribution in [0.5, 0.6) is 0 Å². The van der Waals surface area contributed by atoms with E-state index in [1.165, 1.54) is 24.8 Å². The molecule has 0 saturated heterocycles. The molecule has 2 rings (SSSR count). The number of benzene rings is 1. The topological polar surface area (TPSA) is 20.2 Å². The van der Waals surface area contributed by atoms with Crippen LogP contribution in [0.1, 0.15) is 44.6 Å². The first-order chi connectivity index (χ1) is 7.26. The van der Waals surface area contributed by atoms with Gasteiger partial charge in [0.05, 0.1) is 6.10 Å². The van der Waals surface area contributed by atoms with Crippen LogP contribution in [0.15, 0.2) is 30.3 Å². The minimum absolute atomic E-state index is 0.0273. The van der Waals surface area contributed by atoms with Crippen LogP contribution in [0.25, 0.3) is 0 Å². The third-order valence-electron chi connectivity index (χ3n) is 3.89. The van der Waals surface area contributed by atoms with Gasteiger partial charge in [-0.3, -0.25) is 0 Å². The molecule has 0 spiro atoms. The standard InChI is InChI=1S/C14H20O/c1-12(15)14(10-6-3-7-11-14)13-8-4-2-5-9-13/h2,4-5,8-9,12,15H,3,6-7,10-11H2,1H3/t12-/m1/s1. The van der Waals surface area contributed by atoms with Crippen LogP contribution in [-0.2, 0) is 5.41 Å². The summed E-state index contributed by atoms with van der Waals surface area (Å²) in [7, 11) is 0. The van der Waals surface area contributed by atoms with Crippen LogP contribution in [0.3, 0.4) is 0 Å². The Labute approximate surface area is 92.1 Å². The fourth-order valence-electron chi connectivity index (χ4n) is 2.90. The largest absolute Gasteiger partial charge is 0.392 e. The van der Waals surface area contributed by atoms with Crippen molar-refractivity contribution in [3.8, 4) is 0 Å². The van der Waals surface area contributed by atoms with Crippen LogP contribution < -0.4 is 0 Å². The first-order valence-electron chi connectivity index (χ1n) is 5.99. The number of rotatable bonds is 2. The molecule has 0 aliphatic heterocycles. The van der Waals surface area contributed by atoms with Crippen LogP contribution >= 0.6 is 0 Å². The predicted molar refractivity (Wildman–Crippen MR) is 62.9 cm³/mol. The summed E-state index contributed by atoms with van der Waals surface area (Å²) in [6.07, 6.45) is 5.85. The highest BCUT2D eigenvalue weighted by Crippen LogP contribution is 2.41. The van der Waals surface area contributed by atoms with Gasteiger partial charge >= 0.3 is 0 Å². The molecule has 0 amide bonds. The molecule has 0 bridgehead atoms. The zero-order valence-corrected chi connectivity index (χ0v) is 9.45. The van der Waals surface area contributed by atoms with Crippen LogP contribution in [-0.4, -0.2) is 11.2 Å². The van der Waals surface area contributed by atoms with Crippen LogP contribution in [0.2, 0.25) is 0 Å². The van der Waals surface area contributed by atoms with E-state index in [4.69, 9.17) is 0 Å². The lowest BCUT2D eigenvalue weighted by molar-refractivity contribution is 0.0685. The lowest BCUT2D eigenvalue weighted by Gasteiger charge is -2.40. The summed E-state index contributed by atoms with van der Waals surface area (Å²) >= 11 is 0. The van der Waals surface area contributed by atoms with E-state index in [-0.39, 0.29) is 11.5 Å². The van der Waals surface area contributed by atoms with Crippen molar-refractivity contribution in [2.45, 2.75) is 50.5 Å². The second kappa shape index (κ2) is 4.36. The summed E-state index contributed by atoms with van der Waals surface area (Å²) in [5.41, 5.74) is 1.35. The Morgan fingerprint density at radius 1 is 1.07 bits per heavy atom. The lowest BCUT2D eigenvalue weighted by atomic mass is 9.66. The van der Waals surface area contributed by atoms with Crippen molar-refractivity contribution in [2.75, 3.05) is 0 Å². The molecule has 0 radical (unpaired) electrons. The molecule has 1 aliphatic rings. The molecule has 1 fully saturated rings. The highest BCUT2D eigenvalue weighted by Gasteiger charge is 2.37. The van der Waals surface area contributed by atoms with E-state index in [1.54, 1.807) is 0 Å². The van der Waals surface area contributed by atoms with E-state index in [0.29, 0.717) is 0 Å². The Kier molecular flexibility index (Phi) is 3.11. The third kappa shape index (κ3) is 1.93. The molecular weight excluding hydrogens is 184 g/mol. The number of aliphatic hydroxyl groups excluding tert-OH is 1. The molecule has 1 N–H and O–H groups in total. The highest BCUT2D eigenvalue weighted by atomic mass is 16.3. The number of aliphatic hydroxyl groups is 1. The van der Waals surface area contributed by atoms with Crippen molar-refractivity contribution < 1.29 is 5.11 Å². The molecule has 1 aromatic rings. The van der Waals surface area contributed by atoms with Gasteiger partial charge in [-0.2, -0.15) is 0 Å². The van der Waals surface area contributed by atoms with Crippen molar-refractivity contribution in [3.05, 3.63) is 35.9 Å². The average molecular weight is 204 g/mol. The van der Waals surface area contributed by atoms with Gasteiger partial charge in [0.2, 0.25) is 0 Å². The van der Waals surface area contributed by atoms with Gasteiger partial charge in [-0.15, -0.1) is 0 Å². The SMILES string of the molecule is C[C@@H](O)C1(c2ccccc2)CCCCC1. The Hall–Kier alpha value is -0.820. The molecule has 82 valence electrons. The zero-order chi connectivity index (χ0) is 10.7. The predicted octanol–water partition coefficient (Wildman–Crippen LogP) is 3.27. The van der Waals surface area contributed by atoms with Gasteiger partial charge in [-0.05, 0) is 25.3 Å². The van der Waals surface area contributed by atoms with Gasteiger partial charge in [0.25, 0.3) is 0 Å². The summed E-state index contributed by atoms with van der Waals surface area (Å²) < 4.78 is 0. The Bertz CT molecular complexity index is 296. The fraction of sp³-hybridized carbons (Fsp3) is 0.571. The van der Waals surface area contributed by atoms with E-state index in [1.807, 2.05) is 13.0 Å². The molecule has 0 aromatic heterocycles. The summed E-state index contributed by atoms with van der Waals surface area (Å²) in [5.74, 6) is 0. The molecule has 1 aliphatic carbocycles. The molecular formula is C14H20O. The maximum absolute atomic E-state index is 10.1. The Balaban J connectivity index is 2.34. The van der Waals surface area contributed by atoms with Gasteiger partial charge in [0.1, 0.15) is 0 Å².